The van der Waals surface area contributed by atoms with Crippen LogP contribution in [-0.2, 0) is 9.53 Å². The summed E-state index contributed by atoms with van der Waals surface area (Å²) in [5.74, 6) is 1.11. The van der Waals surface area contributed by atoms with E-state index in [-0.39, 0.29) is 12.1 Å². The number of fused-ring (bicyclic) bond motifs is 1. The molecule has 25 heavy (non-hydrogen) atoms. The largest absolute Gasteiger partial charge is 0.462 e. The quantitative estimate of drug-likeness (QED) is 0.408. The van der Waals surface area contributed by atoms with Gasteiger partial charge in [0, 0.05) is 12.3 Å². The summed E-state index contributed by atoms with van der Waals surface area (Å²) in [6, 6.07) is 0. The first-order valence-corrected chi connectivity index (χ1v) is 10.2. The summed E-state index contributed by atoms with van der Waals surface area (Å²) in [5, 5.41) is 10.6. The highest BCUT2D eigenvalue weighted by Crippen LogP contribution is 2.42. The highest BCUT2D eigenvalue weighted by atomic mass is 16.5. The van der Waals surface area contributed by atoms with Crippen molar-refractivity contribution in [2.75, 3.05) is 0 Å². The van der Waals surface area contributed by atoms with Crippen LogP contribution in [0.25, 0.3) is 0 Å². The summed E-state index contributed by atoms with van der Waals surface area (Å²) in [4.78, 5) is 12.0. The predicted molar refractivity (Wildman–Crippen MR) is 102 cm³/mol. The molecule has 2 aliphatic rings. The fourth-order valence-corrected chi connectivity index (χ4v) is 4.24. The van der Waals surface area contributed by atoms with Crippen molar-refractivity contribution in [1.82, 2.24) is 0 Å². The molecule has 2 rings (SSSR count). The molecule has 142 valence electrons. The van der Waals surface area contributed by atoms with E-state index in [9.17, 15) is 9.90 Å². The van der Waals surface area contributed by atoms with Gasteiger partial charge in [0.15, 0.2) is 0 Å². The Labute approximate surface area is 153 Å². The Morgan fingerprint density at radius 1 is 1.36 bits per heavy atom. The molecule has 1 fully saturated rings. The van der Waals surface area contributed by atoms with Gasteiger partial charge in [-0.15, -0.1) is 0 Å². The van der Waals surface area contributed by atoms with Gasteiger partial charge in [-0.25, -0.2) is 0 Å². The van der Waals surface area contributed by atoms with Gasteiger partial charge in [0.05, 0.1) is 5.60 Å². The summed E-state index contributed by atoms with van der Waals surface area (Å²) >= 11 is 0. The van der Waals surface area contributed by atoms with Crippen molar-refractivity contribution in [2.45, 2.75) is 90.3 Å². The maximum absolute atomic E-state index is 12.0. The van der Waals surface area contributed by atoms with Crippen LogP contribution in [0.5, 0.6) is 0 Å². The topological polar surface area (TPSA) is 46.5 Å². The maximum Gasteiger partial charge on any atom is 0.306 e. The SMILES string of the molecule is CCCCCC(C)(O)/C=C/[C@@H]1[C@H]2C/C=C\CCCC(=O)O[C@H]2C[C@H]1C. The average Bonchev–Trinajstić information content (AvgIpc) is 2.84. The Kier molecular flexibility index (Phi) is 7.74. The maximum atomic E-state index is 12.0. The van der Waals surface area contributed by atoms with Crippen LogP contribution in [0.1, 0.15) is 78.6 Å². The van der Waals surface area contributed by atoms with E-state index in [4.69, 9.17) is 4.74 Å². The lowest BCUT2D eigenvalue weighted by Gasteiger charge is -2.25. The third-order valence-electron chi connectivity index (χ3n) is 5.81. The molecular formula is C22H36O3. The molecule has 0 saturated heterocycles. The first-order valence-electron chi connectivity index (χ1n) is 10.2. The fourth-order valence-electron chi connectivity index (χ4n) is 4.24. The van der Waals surface area contributed by atoms with E-state index in [0.29, 0.717) is 24.2 Å². The number of carbonyl (C=O) groups excluding carboxylic acids is 1. The van der Waals surface area contributed by atoms with E-state index in [0.717, 1.165) is 44.9 Å². The molecule has 0 aromatic heterocycles. The summed E-state index contributed by atoms with van der Waals surface area (Å²) in [6.07, 6.45) is 17.1. The molecule has 1 aliphatic carbocycles. The zero-order valence-electron chi connectivity index (χ0n) is 16.2. The molecule has 0 aromatic carbocycles. The Morgan fingerprint density at radius 2 is 2.16 bits per heavy atom. The summed E-state index contributed by atoms with van der Waals surface area (Å²) in [7, 11) is 0. The molecule has 0 bridgehead atoms. The van der Waals surface area contributed by atoms with Crippen LogP contribution < -0.4 is 0 Å². The molecule has 0 spiro atoms. The smallest absolute Gasteiger partial charge is 0.306 e. The van der Waals surface area contributed by atoms with E-state index >= 15 is 0 Å². The molecule has 0 aromatic rings. The molecular weight excluding hydrogens is 312 g/mol. The van der Waals surface area contributed by atoms with E-state index in [1.807, 2.05) is 13.0 Å². The number of unbranched alkanes of at least 4 members (excludes halogenated alkanes) is 2. The number of hydrogen-bond acceptors (Lipinski definition) is 3. The van der Waals surface area contributed by atoms with Crippen LogP contribution in [0, 0.1) is 17.8 Å². The highest BCUT2D eigenvalue weighted by molar-refractivity contribution is 5.69. The molecule has 1 saturated carbocycles. The Hall–Kier alpha value is -1.09. The zero-order chi connectivity index (χ0) is 18.3. The van der Waals surface area contributed by atoms with Crippen molar-refractivity contribution in [3.05, 3.63) is 24.3 Å². The number of ether oxygens (including phenoxy) is 1. The molecule has 3 heteroatoms. The van der Waals surface area contributed by atoms with Gasteiger partial charge in [0.25, 0.3) is 0 Å². The molecule has 3 nitrogen and oxygen atoms in total. The molecule has 1 aliphatic heterocycles. The van der Waals surface area contributed by atoms with E-state index in [2.05, 4.69) is 32.1 Å². The van der Waals surface area contributed by atoms with Gasteiger partial charge < -0.3 is 9.84 Å². The van der Waals surface area contributed by atoms with Gasteiger partial charge in [-0.2, -0.15) is 0 Å². The highest BCUT2D eigenvalue weighted by Gasteiger charge is 2.41. The molecule has 0 radical (unpaired) electrons. The minimum Gasteiger partial charge on any atom is -0.462 e. The fraction of sp³-hybridized carbons (Fsp3) is 0.773. The normalized spacial score (nSPS) is 34.3. The molecule has 1 unspecified atom stereocenters. The third-order valence-corrected chi connectivity index (χ3v) is 5.81. The number of esters is 1. The standard InChI is InChI=1S/C22H36O3/c1-4-5-10-14-22(3,24)15-13-18-17(2)16-20-19(18)11-8-6-7-9-12-21(23)25-20/h6,8,13,15,17-20,24H,4-5,7,9-12,14,16H2,1-3H3/b8-6-,15-13+/t17-,18+,19-,20+,22?/m1/s1. The predicted octanol–water partition coefficient (Wildman–Crippen LogP) is 5.19. The van der Waals surface area contributed by atoms with Gasteiger partial charge in [-0.05, 0) is 50.9 Å². The van der Waals surface area contributed by atoms with Gasteiger partial charge >= 0.3 is 5.97 Å². The number of aliphatic hydroxyl groups is 1. The lowest BCUT2D eigenvalue weighted by atomic mass is 9.85. The van der Waals surface area contributed by atoms with Crippen LogP contribution in [0.3, 0.4) is 0 Å². The summed E-state index contributed by atoms with van der Waals surface area (Å²) in [5.41, 5.74) is -0.741. The number of allylic oxidation sites excluding steroid dienone is 3. The van der Waals surface area contributed by atoms with Gasteiger partial charge in [0.1, 0.15) is 6.10 Å². The molecule has 1 N–H and O–H groups in total. The Balaban J connectivity index is 2.06. The lowest BCUT2D eigenvalue weighted by Crippen LogP contribution is -2.26. The third kappa shape index (κ3) is 6.29. The van der Waals surface area contributed by atoms with Crippen molar-refractivity contribution < 1.29 is 14.6 Å². The Bertz CT molecular complexity index is 478. The first-order chi connectivity index (χ1) is 11.9. The number of rotatable bonds is 6. The second kappa shape index (κ2) is 9.56. The molecule has 1 heterocycles. The van der Waals surface area contributed by atoms with Crippen molar-refractivity contribution >= 4 is 5.97 Å². The van der Waals surface area contributed by atoms with Crippen molar-refractivity contribution in [1.29, 1.82) is 0 Å². The van der Waals surface area contributed by atoms with E-state index in [1.165, 1.54) is 6.42 Å². The van der Waals surface area contributed by atoms with Crippen molar-refractivity contribution in [3.8, 4) is 0 Å². The number of hydrogen-bond donors (Lipinski definition) is 1. The van der Waals surface area contributed by atoms with Crippen LogP contribution in [-0.4, -0.2) is 22.8 Å². The van der Waals surface area contributed by atoms with Crippen LogP contribution in [0.2, 0.25) is 0 Å². The first kappa shape index (κ1) is 20.2. The minimum absolute atomic E-state index is 0.0185. The number of carbonyl (C=O) groups is 1. The molecule has 5 atom stereocenters. The zero-order valence-corrected chi connectivity index (χ0v) is 16.2. The van der Waals surface area contributed by atoms with Gasteiger partial charge in [0.2, 0.25) is 0 Å². The minimum atomic E-state index is -0.741. The summed E-state index contributed by atoms with van der Waals surface area (Å²) < 4.78 is 5.79. The lowest BCUT2D eigenvalue weighted by molar-refractivity contribution is -0.151. The van der Waals surface area contributed by atoms with Crippen molar-refractivity contribution in [2.24, 2.45) is 17.8 Å². The monoisotopic (exact) mass is 348 g/mol. The van der Waals surface area contributed by atoms with Gasteiger partial charge in [-0.3, -0.25) is 4.79 Å². The van der Waals surface area contributed by atoms with E-state index < -0.39 is 5.60 Å². The van der Waals surface area contributed by atoms with Crippen LogP contribution in [0.4, 0.5) is 0 Å². The average molecular weight is 349 g/mol. The summed E-state index contributed by atoms with van der Waals surface area (Å²) in [6.45, 7) is 6.33. The van der Waals surface area contributed by atoms with E-state index in [1.54, 1.807) is 0 Å². The molecule has 0 amide bonds. The van der Waals surface area contributed by atoms with Crippen LogP contribution in [0.15, 0.2) is 24.3 Å². The van der Waals surface area contributed by atoms with Crippen molar-refractivity contribution in [3.63, 3.8) is 0 Å². The second-order valence-corrected chi connectivity index (χ2v) is 8.26. The second-order valence-electron chi connectivity index (χ2n) is 8.26. The Morgan fingerprint density at radius 3 is 2.92 bits per heavy atom. The van der Waals surface area contributed by atoms with Crippen LogP contribution >= 0.6 is 0 Å². The van der Waals surface area contributed by atoms with Gasteiger partial charge in [-0.1, -0.05) is 57.4 Å².